The SMILES string of the molecule is Cn1ccnc1COc1ccc(NC(=O)c2cccc(CN3C(=O)c4ccccc4C3=O)c2)cc1. The molecule has 5 rings (SSSR count). The van der Waals surface area contributed by atoms with Crippen molar-refractivity contribution in [1.82, 2.24) is 14.5 Å². The summed E-state index contributed by atoms with van der Waals surface area (Å²) in [4.78, 5) is 43.5. The summed E-state index contributed by atoms with van der Waals surface area (Å²) >= 11 is 0. The van der Waals surface area contributed by atoms with Gasteiger partial charge in [0.2, 0.25) is 0 Å². The van der Waals surface area contributed by atoms with Gasteiger partial charge in [0.25, 0.3) is 17.7 Å². The predicted molar refractivity (Wildman–Crippen MR) is 129 cm³/mol. The van der Waals surface area contributed by atoms with Crippen molar-refractivity contribution in [3.8, 4) is 5.75 Å². The summed E-state index contributed by atoms with van der Waals surface area (Å²) in [5.74, 6) is 0.518. The fourth-order valence-corrected chi connectivity index (χ4v) is 3.90. The average molecular weight is 466 g/mol. The first-order valence-corrected chi connectivity index (χ1v) is 11.0. The Hall–Kier alpha value is -4.72. The first kappa shape index (κ1) is 22.1. The number of carbonyl (C=O) groups is 3. The maximum Gasteiger partial charge on any atom is 0.261 e. The summed E-state index contributed by atoms with van der Waals surface area (Å²) in [6.45, 7) is 0.435. The monoisotopic (exact) mass is 466 g/mol. The maximum absolute atomic E-state index is 12.8. The van der Waals surface area contributed by atoms with Crippen LogP contribution < -0.4 is 10.1 Å². The van der Waals surface area contributed by atoms with Crippen molar-refractivity contribution >= 4 is 23.4 Å². The molecule has 8 nitrogen and oxygen atoms in total. The Balaban J connectivity index is 1.22. The highest BCUT2D eigenvalue weighted by Gasteiger charge is 2.35. The van der Waals surface area contributed by atoms with Crippen molar-refractivity contribution in [3.63, 3.8) is 0 Å². The predicted octanol–water partition coefficient (Wildman–Crippen LogP) is 4.05. The number of imidazole rings is 1. The zero-order valence-corrected chi connectivity index (χ0v) is 19.0. The smallest absolute Gasteiger partial charge is 0.261 e. The van der Waals surface area contributed by atoms with Crippen LogP contribution in [-0.4, -0.2) is 32.2 Å². The molecule has 0 bridgehead atoms. The molecule has 3 aromatic carbocycles. The van der Waals surface area contributed by atoms with Crippen molar-refractivity contribution in [2.45, 2.75) is 13.2 Å². The molecule has 0 spiro atoms. The van der Waals surface area contributed by atoms with Crippen LogP contribution in [0.3, 0.4) is 0 Å². The molecule has 0 saturated heterocycles. The molecule has 3 amide bonds. The number of amides is 3. The van der Waals surface area contributed by atoms with Gasteiger partial charge in [0, 0.05) is 30.7 Å². The van der Waals surface area contributed by atoms with Crippen LogP contribution in [0.2, 0.25) is 0 Å². The summed E-state index contributed by atoms with van der Waals surface area (Å²) in [6, 6.07) is 20.7. The third kappa shape index (κ3) is 4.54. The van der Waals surface area contributed by atoms with Gasteiger partial charge in [-0.1, -0.05) is 24.3 Å². The fourth-order valence-electron chi connectivity index (χ4n) is 3.90. The molecule has 0 radical (unpaired) electrons. The van der Waals surface area contributed by atoms with E-state index >= 15 is 0 Å². The molecule has 1 N–H and O–H groups in total. The Morgan fingerprint density at radius 2 is 1.66 bits per heavy atom. The van der Waals surface area contributed by atoms with Crippen molar-refractivity contribution in [2.75, 3.05) is 5.32 Å². The molecular weight excluding hydrogens is 444 g/mol. The van der Waals surface area contributed by atoms with Gasteiger partial charge in [-0.3, -0.25) is 19.3 Å². The summed E-state index contributed by atoms with van der Waals surface area (Å²) in [6.07, 6.45) is 3.57. The summed E-state index contributed by atoms with van der Waals surface area (Å²) < 4.78 is 7.63. The number of hydrogen-bond donors (Lipinski definition) is 1. The number of aromatic nitrogens is 2. The van der Waals surface area contributed by atoms with E-state index in [1.807, 2.05) is 17.8 Å². The average Bonchev–Trinajstić information content (AvgIpc) is 3.40. The number of aryl methyl sites for hydroxylation is 1. The summed E-state index contributed by atoms with van der Waals surface area (Å²) in [5, 5.41) is 2.86. The highest BCUT2D eigenvalue weighted by atomic mass is 16.5. The highest BCUT2D eigenvalue weighted by molar-refractivity contribution is 6.21. The molecule has 1 aliphatic rings. The first-order valence-electron chi connectivity index (χ1n) is 11.0. The number of imide groups is 1. The van der Waals surface area contributed by atoms with Crippen LogP contribution in [0.1, 0.15) is 42.5 Å². The van der Waals surface area contributed by atoms with Crippen LogP contribution in [0.15, 0.2) is 85.2 Å². The molecule has 35 heavy (non-hydrogen) atoms. The third-order valence-corrected chi connectivity index (χ3v) is 5.81. The number of ether oxygens (including phenoxy) is 1. The molecular formula is C27H22N4O4. The molecule has 1 aromatic heterocycles. The van der Waals surface area contributed by atoms with Crippen LogP contribution in [0.5, 0.6) is 5.75 Å². The Morgan fingerprint density at radius 1 is 0.943 bits per heavy atom. The van der Waals surface area contributed by atoms with Gasteiger partial charge in [-0.15, -0.1) is 0 Å². The largest absolute Gasteiger partial charge is 0.486 e. The lowest BCUT2D eigenvalue weighted by molar-refractivity contribution is 0.0642. The summed E-state index contributed by atoms with van der Waals surface area (Å²) in [7, 11) is 1.90. The van der Waals surface area contributed by atoms with E-state index < -0.39 is 0 Å². The number of nitrogens with zero attached hydrogens (tertiary/aromatic N) is 3. The molecule has 0 fully saturated rings. The van der Waals surface area contributed by atoms with E-state index in [0.717, 1.165) is 5.82 Å². The van der Waals surface area contributed by atoms with Gasteiger partial charge in [0.1, 0.15) is 18.2 Å². The lowest BCUT2D eigenvalue weighted by atomic mass is 10.1. The molecule has 0 aliphatic carbocycles. The summed E-state index contributed by atoms with van der Waals surface area (Å²) in [5.41, 5.74) is 2.53. The molecule has 2 heterocycles. The number of anilines is 1. The van der Waals surface area contributed by atoms with Crippen LogP contribution in [-0.2, 0) is 20.2 Å². The lowest BCUT2D eigenvalue weighted by Gasteiger charge is -2.14. The minimum absolute atomic E-state index is 0.0928. The molecule has 1 aliphatic heterocycles. The molecule has 4 aromatic rings. The minimum Gasteiger partial charge on any atom is -0.486 e. The van der Waals surface area contributed by atoms with Crippen LogP contribution in [0.25, 0.3) is 0 Å². The Morgan fingerprint density at radius 3 is 2.31 bits per heavy atom. The normalized spacial score (nSPS) is 12.5. The number of carbonyl (C=O) groups excluding carboxylic acids is 3. The van der Waals surface area contributed by atoms with Gasteiger partial charge in [-0.25, -0.2) is 4.98 Å². The van der Waals surface area contributed by atoms with E-state index in [1.54, 1.807) is 79.0 Å². The van der Waals surface area contributed by atoms with Gasteiger partial charge in [-0.2, -0.15) is 0 Å². The van der Waals surface area contributed by atoms with E-state index in [4.69, 9.17) is 4.74 Å². The number of benzene rings is 3. The van der Waals surface area contributed by atoms with Gasteiger partial charge in [-0.05, 0) is 54.1 Å². The second-order valence-corrected chi connectivity index (χ2v) is 8.16. The topological polar surface area (TPSA) is 93.5 Å². The standard InChI is InChI=1S/C27H22N4O4/c1-30-14-13-28-24(30)17-35-21-11-9-20(10-12-21)29-25(32)19-6-4-5-18(15-19)16-31-26(33)22-7-2-3-8-23(22)27(31)34/h2-15H,16-17H2,1H3,(H,29,32). The maximum atomic E-state index is 12.8. The third-order valence-electron chi connectivity index (χ3n) is 5.81. The molecule has 174 valence electrons. The Bertz CT molecular complexity index is 1390. The van der Waals surface area contributed by atoms with E-state index in [0.29, 0.717) is 40.3 Å². The van der Waals surface area contributed by atoms with Gasteiger partial charge in [0.15, 0.2) is 0 Å². The molecule has 8 heteroatoms. The van der Waals surface area contributed by atoms with Crippen LogP contribution in [0.4, 0.5) is 5.69 Å². The quantitative estimate of drug-likeness (QED) is 0.415. The zero-order chi connectivity index (χ0) is 24.4. The van der Waals surface area contributed by atoms with Crippen molar-refractivity contribution in [2.24, 2.45) is 7.05 Å². The second kappa shape index (κ2) is 9.26. The first-order chi connectivity index (χ1) is 17.0. The number of fused-ring (bicyclic) bond motifs is 1. The molecule has 0 atom stereocenters. The van der Waals surface area contributed by atoms with E-state index in [2.05, 4.69) is 10.3 Å². The van der Waals surface area contributed by atoms with Gasteiger partial charge < -0.3 is 14.6 Å². The highest BCUT2D eigenvalue weighted by Crippen LogP contribution is 2.24. The Kier molecular flexibility index (Phi) is 5.85. The van der Waals surface area contributed by atoms with Crippen molar-refractivity contribution < 1.29 is 19.1 Å². The van der Waals surface area contributed by atoms with E-state index in [-0.39, 0.29) is 24.3 Å². The number of hydrogen-bond acceptors (Lipinski definition) is 5. The van der Waals surface area contributed by atoms with Gasteiger partial charge >= 0.3 is 0 Å². The van der Waals surface area contributed by atoms with Crippen molar-refractivity contribution in [1.29, 1.82) is 0 Å². The van der Waals surface area contributed by atoms with Crippen molar-refractivity contribution in [3.05, 3.63) is 113 Å². The zero-order valence-electron chi connectivity index (χ0n) is 19.0. The van der Waals surface area contributed by atoms with Gasteiger partial charge in [0.05, 0.1) is 17.7 Å². The van der Waals surface area contributed by atoms with Crippen LogP contribution >= 0.6 is 0 Å². The Labute approximate surface area is 201 Å². The minimum atomic E-state index is -0.328. The number of nitrogens with one attached hydrogen (secondary N) is 1. The lowest BCUT2D eigenvalue weighted by Crippen LogP contribution is -2.29. The van der Waals surface area contributed by atoms with E-state index in [9.17, 15) is 14.4 Å². The number of rotatable bonds is 7. The van der Waals surface area contributed by atoms with E-state index in [1.165, 1.54) is 4.90 Å². The molecule has 0 saturated carbocycles. The fraction of sp³-hybridized carbons (Fsp3) is 0.111. The molecule has 0 unspecified atom stereocenters. The second-order valence-electron chi connectivity index (χ2n) is 8.16. The van der Waals surface area contributed by atoms with Crippen LogP contribution in [0, 0.1) is 0 Å².